The molecule has 0 bridgehead atoms. The third-order valence-corrected chi connectivity index (χ3v) is 3.69. The van der Waals surface area contributed by atoms with Gasteiger partial charge in [0.05, 0.1) is 12.3 Å². The molecule has 0 spiro atoms. The highest BCUT2D eigenvalue weighted by Gasteiger charge is 2.11. The largest absolute Gasteiger partial charge is 0.465 e. The normalized spacial score (nSPS) is 10.4. The number of rotatable bonds is 6. The number of hydrogen-bond donors (Lipinski definition) is 2. The Morgan fingerprint density at radius 3 is 2.64 bits per heavy atom. The molecule has 1 aromatic carbocycles. The third kappa shape index (κ3) is 5.00. The van der Waals surface area contributed by atoms with Gasteiger partial charge >= 0.3 is 5.97 Å². The Hall–Kier alpha value is -2.96. The highest BCUT2D eigenvalue weighted by atomic mass is 16.5. The molecule has 0 saturated carbocycles. The summed E-state index contributed by atoms with van der Waals surface area (Å²) in [5.41, 5.74) is 3.42. The minimum absolute atomic E-state index is 0.168. The zero-order chi connectivity index (χ0) is 18.4. The zero-order valence-electron chi connectivity index (χ0n) is 14.5. The number of ether oxygens (including phenoxy) is 1. The van der Waals surface area contributed by atoms with Crippen LogP contribution in [0.3, 0.4) is 0 Å². The first-order chi connectivity index (χ1) is 11.9. The van der Waals surface area contributed by atoms with Crippen molar-refractivity contribution in [3.8, 4) is 0 Å². The van der Waals surface area contributed by atoms with Crippen LogP contribution >= 0.6 is 0 Å². The van der Waals surface area contributed by atoms with Gasteiger partial charge < -0.3 is 10.1 Å². The van der Waals surface area contributed by atoms with Gasteiger partial charge in [0, 0.05) is 17.5 Å². The van der Waals surface area contributed by atoms with E-state index in [0.29, 0.717) is 17.5 Å². The van der Waals surface area contributed by atoms with Crippen LogP contribution in [0.15, 0.2) is 29.1 Å². The molecule has 25 heavy (non-hydrogen) atoms. The number of aryl methyl sites for hydroxylation is 2. The van der Waals surface area contributed by atoms with Crippen LogP contribution in [0.5, 0.6) is 0 Å². The standard InChI is InChI=1S/C18H21N3O4/c1-4-25-16(22)10-19-17(23)14-6-5-13(11(2)7-14)9-15-8-12(3)20-21-18(15)24/h5-8H,4,9-10H2,1-3H3,(H,19,23)(H,21,24). The molecule has 0 radical (unpaired) electrons. The number of nitrogens with one attached hydrogen (secondary N) is 2. The molecule has 1 aromatic heterocycles. The van der Waals surface area contributed by atoms with E-state index in [0.717, 1.165) is 16.8 Å². The summed E-state index contributed by atoms with van der Waals surface area (Å²) in [5, 5.41) is 8.84. The first-order valence-corrected chi connectivity index (χ1v) is 7.99. The maximum atomic E-state index is 12.1. The van der Waals surface area contributed by atoms with Crippen LogP contribution in [0.1, 0.15) is 39.7 Å². The Balaban J connectivity index is 2.09. The minimum Gasteiger partial charge on any atom is -0.465 e. The van der Waals surface area contributed by atoms with E-state index >= 15 is 0 Å². The number of carbonyl (C=O) groups is 2. The number of hydrogen-bond acceptors (Lipinski definition) is 5. The summed E-state index contributed by atoms with van der Waals surface area (Å²) in [4.78, 5) is 35.2. The van der Waals surface area contributed by atoms with Gasteiger partial charge in [0.25, 0.3) is 11.5 Å². The number of amides is 1. The van der Waals surface area contributed by atoms with Crippen molar-refractivity contribution in [1.29, 1.82) is 0 Å². The molecule has 2 N–H and O–H groups in total. The summed E-state index contributed by atoms with van der Waals surface area (Å²) in [6.45, 7) is 5.50. The smallest absolute Gasteiger partial charge is 0.325 e. The minimum atomic E-state index is -0.475. The van der Waals surface area contributed by atoms with Gasteiger partial charge in [0.1, 0.15) is 6.54 Å². The Labute approximate surface area is 145 Å². The molecule has 0 aliphatic carbocycles. The number of aromatic amines is 1. The van der Waals surface area contributed by atoms with E-state index in [1.807, 2.05) is 19.9 Å². The van der Waals surface area contributed by atoms with Crippen LogP contribution in [0.4, 0.5) is 0 Å². The molecule has 2 aromatic rings. The lowest BCUT2D eigenvalue weighted by Crippen LogP contribution is -2.30. The van der Waals surface area contributed by atoms with Crippen molar-refractivity contribution in [2.45, 2.75) is 27.2 Å². The molecule has 0 unspecified atom stereocenters. The van der Waals surface area contributed by atoms with Crippen molar-refractivity contribution in [3.63, 3.8) is 0 Å². The molecule has 1 heterocycles. The SMILES string of the molecule is CCOC(=O)CNC(=O)c1ccc(Cc2cc(C)n[nH]c2=O)c(C)c1. The van der Waals surface area contributed by atoms with Crippen LogP contribution in [0, 0.1) is 13.8 Å². The molecule has 7 heteroatoms. The molecule has 0 fully saturated rings. The summed E-state index contributed by atoms with van der Waals surface area (Å²) < 4.78 is 4.77. The quantitative estimate of drug-likeness (QED) is 0.769. The zero-order valence-corrected chi connectivity index (χ0v) is 14.5. The predicted octanol–water partition coefficient (Wildman–Crippen LogP) is 1.27. The van der Waals surface area contributed by atoms with Gasteiger partial charge in [-0.1, -0.05) is 6.07 Å². The van der Waals surface area contributed by atoms with E-state index < -0.39 is 5.97 Å². The lowest BCUT2D eigenvalue weighted by atomic mass is 9.99. The summed E-state index contributed by atoms with van der Waals surface area (Å²) in [5.74, 6) is -0.822. The Morgan fingerprint density at radius 2 is 1.96 bits per heavy atom. The number of esters is 1. The maximum absolute atomic E-state index is 12.1. The Kier molecular flexibility index (Phi) is 6.05. The van der Waals surface area contributed by atoms with Crippen LogP contribution in [0.25, 0.3) is 0 Å². The van der Waals surface area contributed by atoms with Gasteiger partial charge in [-0.3, -0.25) is 14.4 Å². The molecule has 0 aliphatic rings. The fraction of sp³-hybridized carbons (Fsp3) is 0.333. The molecular weight excluding hydrogens is 322 g/mol. The monoisotopic (exact) mass is 343 g/mol. The van der Waals surface area contributed by atoms with Gasteiger partial charge in [-0.05, 0) is 50.1 Å². The highest BCUT2D eigenvalue weighted by molar-refractivity contribution is 5.96. The van der Waals surface area contributed by atoms with Gasteiger partial charge in [-0.2, -0.15) is 5.10 Å². The number of H-pyrrole nitrogens is 1. The van der Waals surface area contributed by atoms with Crippen molar-refractivity contribution in [2.24, 2.45) is 0 Å². The van der Waals surface area contributed by atoms with Crippen LogP contribution < -0.4 is 10.9 Å². The average molecular weight is 343 g/mol. The van der Waals surface area contributed by atoms with Gasteiger partial charge in [0.15, 0.2) is 0 Å². The molecular formula is C18H21N3O4. The second-order valence-corrected chi connectivity index (χ2v) is 5.67. The highest BCUT2D eigenvalue weighted by Crippen LogP contribution is 2.14. The summed E-state index contributed by atoms with van der Waals surface area (Å²) >= 11 is 0. The number of aromatic nitrogens is 2. The number of carbonyl (C=O) groups excluding carboxylic acids is 2. The van der Waals surface area contributed by atoms with E-state index in [2.05, 4.69) is 15.5 Å². The van der Waals surface area contributed by atoms with Crippen molar-refractivity contribution < 1.29 is 14.3 Å². The average Bonchev–Trinajstić information content (AvgIpc) is 2.58. The molecule has 7 nitrogen and oxygen atoms in total. The molecule has 0 atom stereocenters. The summed E-state index contributed by atoms with van der Waals surface area (Å²) in [7, 11) is 0. The summed E-state index contributed by atoms with van der Waals surface area (Å²) in [6.07, 6.45) is 0.454. The molecule has 132 valence electrons. The Bertz CT molecular complexity index is 842. The van der Waals surface area contributed by atoms with Gasteiger partial charge in [-0.25, -0.2) is 5.10 Å². The number of benzene rings is 1. The van der Waals surface area contributed by atoms with Crippen LogP contribution in [0.2, 0.25) is 0 Å². The maximum Gasteiger partial charge on any atom is 0.325 e. The van der Waals surface area contributed by atoms with Crippen molar-refractivity contribution in [3.05, 3.63) is 62.6 Å². The van der Waals surface area contributed by atoms with Crippen LogP contribution in [-0.2, 0) is 16.0 Å². The van der Waals surface area contributed by atoms with Gasteiger partial charge in [-0.15, -0.1) is 0 Å². The first kappa shape index (κ1) is 18.4. The van der Waals surface area contributed by atoms with Crippen molar-refractivity contribution in [1.82, 2.24) is 15.5 Å². The fourth-order valence-corrected chi connectivity index (χ4v) is 2.40. The van der Waals surface area contributed by atoms with E-state index in [1.54, 1.807) is 25.1 Å². The van der Waals surface area contributed by atoms with Crippen molar-refractivity contribution in [2.75, 3.05) is 13.2 Å². The van der Waals surface area contributed by atoms with Gasteiger partial charge in [0.2, 0.25) is 0 Å². The molecule has 2 rings (SSSR count). The number of nitrogens with zero attached hydrogens (tertiary/aromatic N) is 1. The summed E-state index contributed by atoms with van der Waals surface area (Å²) in [6, 6.07) is 6.96. The lowest BCUT2D eigenvalue weighted by molar-refractivity contribution is -0.141. The van der Waals surface area contributed by atoms with E-state index in [4.69, 9.17) is 4.74 Å². The topological polar surface area (TPSA) is 101 Å². The Morgan fingerprint density at radius 1 is 1.20 bits per heavy atom. The van der Waals surface area contributed by atoms with Crippen molar-refractivity contribution >= 4 is 11.9 Å². The van der Waals surface area contributed by atoms with Crippen LogP contribution in [-0.4, -0.2) is 35.2 Å². The van der Waals surface area contributed by atoms with E-state index in [9.17, 15) is 14.4 Å². The molecule has 0 saturated heterocycles. The van der Waals surface area contributed by atoms with E-state index in [1.165, 1.54) is 0 Å². The predicted molar refractivity (Wildman–Crippen MR) is 92.5 cm³/mol. The van der Waals surface area contributed by atoms with E-state index in [-0.39, 0.29) is 24.6 Å². The lowest BCUT2D eigenvalue weighted by Gasteiger charge is -2.09. The second kappa shape index (κ2) is 8.23. The molecule has 0 aliphatic heterocycles. The first-order valence-electron chi connectivity index (χ1n) is 7.99. The second-order valence-electron chi connectivity index (χ2n) is 5.67. The third-order valence-electron chi connectivity index (χ3n) is 3.69. The molecule has 1 amide bonds. The fourth-order valence-electron chi connectivity index (χ4n) is 2.40.